The van der Waals surface area contributed by atoms with E-state index in [0.717, 1.165) is 37.3 Å². The van der Waals surface area contributed by atoms with Crippen LogP contribution in [0.25, 0.3) is 5.70 Å². The average Bonchev–Trinajstić information content (AvgIpc) is 3.19. The summed E-state index contributed by atoms with van der Waals surface area (Å²) >= 11 is 0. The highest BCUT2D eigenvalue weighted by molar-refractivity contribution is 5.93. The second kappa shape index (κ2) is 9.75. The first-order chi connectivity index (χ1) is 12.5. The number of hydrogen-bond acceptors (Lipinski definition) is 5. The van der Waals surface area contributed by atoms with Crippen molar-refractivity contribution >= 4 is 17.3 Å². The Balaban J connectivity index is 2.15. The molecule has 1 aliphatic rings. The Labute approximate surface area is 155 Å². The third kappa shape index (κ3) is 5.44. The highest BCUT2D eigenvalue weighted by atomic mass is 16.5. The maximum atomic E-state index is 12.0. The van der Waals surface area contributed by atoms with E-state index in [4.69, 9.17) is 16.2 Å². The molecule has 0 aliphatic carbocycles. The topological polar surface area (TPSA) is 93.6 Å². The largest absolute Gasteiger partial charge is 0.495 e. The maximum absolute atomic E-state index is 12.0. The van der Waals surface area contributed by atoms with Crippen molar-refractivity contribution in [1.82, 2.24) is 4.90 Å². The Morgan fingerprint density at radius 1 is 1.27 bits per heavy atom. The Hall–Kier alpha value is -2.63. The lowest BCUT2D eigenvalue weighted by atomic mass is 10.1. The number of benzene rings is 1. The zero-order valence-corrected chi connectivity index (χ0v) is 15.8. The predicted molar refractivity (Wildman–Crippen MR) is 106 cm³/mol. The molecular weight excluding hydrogens is 328 g/mol. The van der Waals surface area contributed by atoms with Crippen molar-refractivity contribution in [3.05, 3.63) is 41.7 Å². The number of carbonyl (C=O) groups is 1. The molecule has 6 nitrogen and oxygen atoms in total. The summed E-state index contributed by atoms with van der Waals surface area (Å²) in [6.07, 6.45) is 8.31. The van der Waals surface area contributed by atoms with Gasteiger partial charge in [-0.1, -0.05) is 13.3 Å². The fourth-order valence-electron chi connectivity index (χ4n) is 2.89. The molecule has 1 aliphatic heterocycles. The molecule has 6 heteroatoms. The van der Waals surface area contributed by atoms with E-state index in [9.17, 15) is 4.79 Å². The smallest absolute Gasteiger partial charge is 0.224 e. The minimum Gasteiger partial charge on any atom is -0.495 e. The molecule has 1 amide bonds. The van der Waals surface area contributed by atoms with Crippen molar-refractivity contribution in [2.75, 3.05) is 25.5 Å². The van der Waals surface area contributed by atoms with Gasteiger partial charge in [0.15, 0.2) is 0 Å². The number of rotatable bonds is 8. The monoisotopic (exact) mass is 358 g/mol. The van der Waals surface area contributed by atoms with E-state index in [-0.39, 0.29) is 5.91 Å². The van der Waals surface area contributed by atoms with Gasteiger partial charge in [0.2, 0.25) is 5.91 Å². The minimum absolute atomic E-state index is 0.0250. The SMILES string of the molecule is CCCCC(=O)Nc1cc(/C(N)=C/C=C(\N)N2CCCC2)ccc1OC. The molecule has 0 bridgehead atoms. The third-order valence-electron chi connectivity index (χ3n) is 4.47. The first-order valence-corrected chi connectivity index (χ1v) is 9.21. The lowest BCUT2D eigenvalue weighted by molar-refractivity contribution is -0.116. The summed E-state index contributed by atoms with van der Waals surface area (Å²) in [6.45, 7) is 4.04. The number of hydrogen-bond donors (Lipinski definition) is 3. The van der Waals surface area contributed by atoms with Gasteiger partial charge in [-0.25, -0.2) is 0 Å². The normalized spacial score (nSPS) is 15.2. The summed E-state index contributed by atoms with van der Waals surface area (Å²) in [7, 11) is 1.58. The number of ether oxygens (including phenoxy) is 1. The molecule has 1 aromatic carbocycles. The highest BCUT2D eigenvalue weighted by Gasteiger charge is 2.12. The Kier molecular flexibility index (Phi) is 7.38. The van der Waals surface area contributed by atoms with Crippen LogP contribution in [0.1, 0.15) is 44.6 Å². The number of methoxy groups -OCH3 is 1. The standard InChI is InChI=1S/C20H30N4O2/c1-3-4-7-20(25)23-17-14-15(8-10-18(17)26-2)16(21)9-11-19(22)24-12-5-6-13-24/h8-11,14H,3-7,12-13,21-22H2,1-2H3,(H,23,25)/b16-9-,19-11+. The molecule has 1 aromatic rings. The number of unbranched alkanes of at least 4 members (excludes halogenated alkanes) is 1. The second-order valence-corrected chi connectivity index (χ2v) is 6.47. The van der Waals surface area contributed by atoms with Crippen LogP contribution in [0.3, 0.4) is 0 Å². The van der Waals surface area contributed by atoms with Gasteiger partial charge in [0.1, 0.15) is 5.75 Å². The number of nitrogens with one attached hydrogen (secondary N) is 1. The number of carbonyl (C=O) groups excluding carboxylic acids is 1. The lowest BCUT2D eigenvalue weighted by Gasteiger charge is -2.16. The van der Waals surface area contributed by atoms with Crippen LogP contribution in [0.4, 0.5) is 5.69 Å². The molecule has 0 aromatic heterocycles. The molecule has 0 radical (unpaired) electrons. The molecule has 0 unspecified atom stereocenters. The summed E-state index contributed by atoms with van der Waals surface area (Å²) in [5, 5.41) is 2.91. The van der Waals surface area contributed by atoms with Gasteiger partial charge in [-0.05, 0) is 55.2 Å². The van der Waals surface area contributed by atoms with E-state index in [2.05, 4.69) is 17.1 Å². The molecule has 1 heterocycles. The Morgan fingerprint density at radius 2 is 2.00 bits per heavy atom. The Bertz CT molecular complexity index is 676. The van der Waals surface area contributed by atoms with E-state index in [0.29, 0.717) is 23.6 Å². The Morgan fingerprint density at radius 3 is 2.65 bits per heavy atom. The van der Waals surface area contributed by atoms with Gasteiger partial charge in [-0.2, -0.15) is 0 Å². The van der Waals surface area contributed by atoms with Crippen LogP contribution in [-0.2, 0) is 4.79 Å². The molecule has 1 fully saturated rings. The zero-order chi connectivity index (χ0) is 18.9. The second-order valence-electron chi connectivity index (χ2n) is 6.47. The van der Waals surface area contributed by atoms with Gasteiger partial charge in [-0.3, -0.25) is 4.79 Å². The van der Waals surface area contributed by atoms with E-state index >= 15 is 0 Å². The molecule has 5 N–H and O–H groups in total. The van der Waals surface area contributed by atoms with Crippen LogP contribution < -0.4 is 21.5 Å². The minimum atomic E-state index is -0.0250. The molecule has 26 heavy (non-hydrogen) atoms. The average molecular weight is 358 g/mol. The van der Waals surface area contributed by atoms with Crippen molar-refractivity contribution in [2.45, 2.75) is 39.0 Å². The fourth-order valence-corrected chi connectivity index (χ4v) is 2.89. The van der Waals surface area contributed by atoms with Crippen LogP contribution in [0.15, 0.2) is 36.2 Å². The van der Waals surface area contributed by atoms with Crippen molar-refractivity contribution in [3.63, 3.8) is 0 Å². The van der Waals surface area contributed by atoms with E-state index in [1.54, 1.807) is 19.3 Å². The van der Waals surface area contributed by atoms with Crippen molar-refractivity contribution in [2.24, 2.45) is 11.5 Å². The molecule has 0 atom stereocenters. The van der Waals surface area contributed by atoms with Gasteiger partial charge in [0.05, 0.1) is 18.6 Å². The number of nitrogens with two attached hydrogens (primary N) is 2. The third-order valence-corrected chi connectivity index (χ3v) is 4.47. The molecular formula is C20H30N4O2. The van der Waals surface area contributed by atoms with Gasteiger partial charge in [0.25, 0.3) is 0 Å². The fraction of sp³-hybridized carbons (Fsp3) is 0.450. The van der Waals surface area contributed by atoms with E-state index in [1.165, 1.54) is 12.8 Å². The summed E-state index contributed by atoms with van der Waals surface area (Å²) < 4.78 is 5.34. The number of amides is 1. The molecule has 1 saturated heterocycles. The predicted octanol–water partition coefficient (Wildman–Crippen LogP) is 3.02. The van der Waals surface area contributed by atoms with Crippen molar-refractivity contribution < 1.29 is 9.53 Å². The summed E-state index contributed by atoms with van der Waals surface area (Å²) in [5.74, 6) is 1.31. The van der Waals surface area contributed by atoms with Crippen LogP contribution in [0.5, 0.6) is 5.75 Å². The van der Waals surface area contributed by atoms with E-state index < -0.39 is 0 Å². The molecule has 0 saturated carbocycles. The quantitative estimate of drug-likeness (QED) is 0.621. The molecule has 2 rings (SSSR count). The van der Waals surface area contributed by atoms with Gasteiger partial charge in [-0.15, -0.1) is 0 Å². The summed E-state index contributed by atoms with van der Waals surface area (Å²) in [6, 6.07) is 5.50. The maximum Gasteiger partial charge on any atom is 0.224 e. The number of likely N-dealkylation sites (tertiary alicyclic amines) is 1. The molecule has 0 spiro atoms. The van der Waals surface area contributed by atoms with Gasteiger partial charge >= 0.3 is 0 Å². The van der Waals surface area contributed by atoms with Crippen LogP contribution in [-0.4, -0.2) is 31.0 Å². The van der Waals surface area contributed by atoms with Crippen molar-refractivity contribution in [3.8, 4) is 5.75 Å². The first kappa shape index (κ1) is 19.7. The van der Waals surface area contributed by atoms with Crippen molar-refractivity contribution in [1.29, 1.82) is 0 Å². The first-order valence-electron chi connectivity index (χ1n) is 9.21. The van der Waals surface area contributed by atoms with Gasteiger partial charge < -0.3 is 26.4 Å². The summed E-state index contributed by atoms with van der Waals surface area (Å²) in [4.78, 5) is 14.2. The van der Waals surface area contributed by atoms with Gasteiger partial charge in [0, 0.05) is 25.2 Å². The number of anilines is 1. The number of allylic oxidation sites excluding steroid dienone is 2. The van der Waals surface area contributed by atoms with Crippen LogP contribution >= 0.6 is 0 Å². The molecule has 142 valence electrons. The van der Waals surface area contributed by atoms with E-state index in [1.807, 2.05) is 18.2 Å². The lowest BCUT2D eigenvalue weighted by Crippen LogP contribution is -2.24. The summed E-state index contributed by atoms with van der Waals surface area (Å²) in [5.41, 5.74) is 14.3. The zero-order valence-electron chi connectivity index (χ0n) is 15.8. The highest BCUT2D eigenvalue weighted by Crippen LogP contribution is 2.27. The van der Waals surface area contributed by atoms with Crippen LogP contribution in [0, 0.1) is 0 Å². The number of nitrogens with zero attached hydrogens (tertiary/aromatic N) is 1. The van der Waals surface area contributed by atoms with Crippen LogP contribution in [0.2, 0.25) is 0 Å².